The van der Waals surface area contributed by atoms with E-state index in [0.29, 0.717) is 0 Å². The van der Waals surface area contributed by atoms with Gasteiger partial charge in [0.15, 0.2) is 0 Å². The summed E-state index contributed by atoms with van der Waals surface area (Å²) in [6.45, 7) is 7.83. The van der Waals surface area contributed by atoms with Gasteiger partial charge in [-0.15, -0.1) is 0 Å². The van der Waals surface area contributed by atoms with Crippen LogP contribution in [0.5, 0.6) is 0 Å². The summed E-state index contributed by atoms with van der Waals surface area (Å²) in [6, 6.07) is 3.08. The van der Waals surface area contributed by atoms with Gasteiger partial charge in [-0.1, -0.05) is 19.8 Å². The van der Waals surface area contributed by atoms with Gasteiger partial charge in [-0.2, -0.15) is 0 Å². The average Bonchev–Trinajstić information content (AvgIpc) is 3.31. The van der Waals surface area contributed by atoms with Crippen molar-refractivity contribution >= 4 is 5.82 Å². The van der Waals surface area contributed by atoms with Crippen LogP contribution in [0.25, 0.3) is 0 Å². The smallest absolute Gasteiger partial charge is 0.131 e. The molecule has 1 aromatic rings. The second-order valence-corrected chi connectivity index (χ2v) is 6.86. The average molecular weight is 287 g/mol. The molecule has 0 spiro atoms. The molecule has 1 aromatic heterocycles. The molecule has 0 amide bonds. The third kappa shape index (κ3) is 3.97. The summed E-state index contributed by atoms with van der Waals surface area (Å²) in [6.07, 6.45) is 10.1. The maximum absolute atomic E-state index is 4.76. The van der Waals surface area contributed by atoms with Gasteiger partial charge in [0.05, 0.1) is 0 Å². The van der Waals surface area contributed by atoms with Gasteiger partial charge in [-0.3, -0.25) is 0 Å². The van der Waals surface area contributed by atoms with Crippen LogP contribution in [0.1, 0.15) is 56.6 Å². The van der Waals surface area contributed by atoms with Crippen molar-refractivity contribution in [2.75, 3.05) is 18.0 Å². The molecule has 1 aliphatic heterocycles. The summed E-state index contributed by atoms with van der Waals surface area (Å²) in [5, 5.41) is 3.57. The van der Waals surface area contributed by atoms with Crippen molar-refractivity contribution in [2.24, 2.45) is 5.92 Å². The Labute approximate surface area is 129 Å². The minimum Gasteiger partial charge on any atom is -0.356 e. The van der Waals surface area contributed by atoms with Gasteiger partial charge < -0.3 is 10.2 Å². The Balaban J connectivity index is 1.57. The quantitative estimate of drug-likeness (QED) is 0.865. The predicted octanol–water partition coefficient (Wildman–Crippen LogP) is 3.66. The fourth-order valence-corrected chi connectivity index (χ4v) is 3.44. The van der Waals surface area contributed by atoms with Crippen LogP contribution < -0.4 is 10.2 Å². The molecular formula is C18H29N3. The number of nitrogens with zero attached hydrogens (tertiary/aromatic N) is 2. The van der Waals surface area contributed by atoms with Crippen molar-refractivity contribution < 1.29 is 0 Å². The Bertz CT molecular complexity index is 460. The maximum atomic E-state index is 4.76. The maximum Gasteiger partial charge on any atom is 0.131 e. The third-order valence-corrected chi connectivity index (χ3v) is 4.89. The highest BCUT2D eigenvalue weighted by Crippen LogP contribution is 2.27. The van der Waals surface area contributed by atoms with E-state index >= 15 is 0 Å². The Morgan fingerprint density at radius 1 is 1.24 bits per heavy atom. The zero-order valence-corrected chi connectivity index (χ0v) is 13.6. The number of aryl methyl sites for hydroxylation is 1. The minimum atomic E-state index is 0.766. The molecule has 0 aromatic carbocycles. The minimum absolute atomic E-state index is 0.766. The standard InChI is InChI=1S/C18H29N3/c1-3-4-15-7-9-21(10-8-15)18-14(2)11-16(13-20-18)12-19-17-5-6-17/h11,13,15,17,19H,3-10,12H2,1-2H3. The van der Waals surface area contributed by atoms with Crippen LogP contribution in [0.15, 0.2) is 12.3 Å². The van der Waals surface area contributed by atoms with E-state index in [4.69, 9.17) is 4.98 Å². The molecule has 1 saturated heterocycles. The molecule has 0 unspecified atom stereocenters. The fraction of sp³-hybridized carbons (Fsp3) is 0.722. The number of hydrogen-bond acceptors (Lipinski definition) is 3. The van der Waals surface area contributed by atoms with Crippen LogP contribution in [0.4, 0.5) is 5.82 Å². The van der Waals surface area contributed by atoms with Crippen LogP contribution >= 0.6 is 0 Å². The van der Waals surface area contributed by atoms with Crippen LogP contribution in [-0.4, -0.2) is 24.1 Å². The van der Waals surface area contributed by atoms with Crippen molar-refractivity contribution in [2.45, 2.75) is 65.0 Å². The highest BCUT2D eigenvalue weighted by Gasteiger charge is 2.22. The van der Waals surface area contributed by atoms with Gasteiger partial charge in [0.2, 0.25) is 0 Å². The second kappa shape index (κ2) is 6.78. The van der Waals surface area contributed by atoms with E-state index < -0.39 is 0 Å². The first-order chi connectivity index (χ1) is 10.3. The summed E-state index contributed by atoms with van der Waals surface area (Å²) in [4.78, 5) is 7.24. The molecule has 2 fully saturated rings. The van der Waals surface area contributed by atoms with Crippen LogP contribution in [0, 0.1) is 12.8 Å². The lowest BCUT2D eigenvalue weighted by Crippen LogP contribution is -2.34. The van der Waals surface area contributed by atoms with Gasteiger partial charge in [0, 0.05) is 31.9 Å². The number of aromatic nitrogens is 1. The topological polar surface area (TPSA) is 28.2 Å². The first-order valence-electron chi connectivity index (χ1n) is 8.70. The first-order valence-corrected chi connectivity index (χ1v) is 8.70. The van der Waals surface area contributed by atoms with E-state index in [1.165, 1.54) is 68.6 Å². The molecule has 0 radical (unpaired) electrons. The molecule has 21 heavy (non-hydrogen) atoms. The molecule has 3 nitrogen and oxygen atoms in total. The molecule has 2 aliphatic rings. The van der Waals surface area contributed by atoms with E-state index in [0.717, 1.165) is 18.5 Å². The van der Waals surface area contributed by atoms with Crippen molar-refractivity contribution in [1.29, 1.82) is 0 Å². The molecule has 0 atom stereocenters. The highest BCUT2D eigenvalue weighted by molar-refractivity contribution is 5.47. The monoisotopic (exact) mass is 287 g/mol. The molecule has 0 bridgehead atoms. The van der Waals surface area contributed by atoms with E-state index in [2.05, 4.69) is 36.3 Å². The SMILES string of the molecule is CCCC1CCN(c2ncc(CNC3CC3)cc2C)CC1. The lowest BCUT2D eigenvalue weighted by atomic mass is 9.92. The van der Waals surface area contributed by atoms with Gasteiger partial charge in [0.25, 0.3) is 0 Å². The number of piperidine rings is 1. The molecular weight excluding hydrogens is 258 g/mol. The third-order valence-electron chi connectivity index (χ3n) is 4.89. The zero-order chi connectivity index (χ0) is 14.7. The van der Waals surface area contributed by atoms with Gasteiger partial charge in [0.1, 0.15) is 5.82 Å². The van der Waals surface area contributed by atoms with E-state index in [1.807, 2.05) is 0 Å². The summed E-state index contributed by atoms with van der Waals surface area (Å²) in [7, 11) is 0. The second-order valence-electron chi connectivity index (χ2n) is 6.86. The molecule has 1 aliphatic carbocycles. The van der Waals surface area contributed by atoms with Gasteiger partial charge in [-0.05, 0) is 55.7 Å². The Morgan fingerprint density at radius 3 is 2.62 bits per heavy atom. The zero-order valence-electron chi connectivity index (χ0n) is 13.6. The lowest BCUT2D eigenvalue weighted by molar-refractivity contribution is 0.377. The summed E-state index contributed by atoms with van der Waals surface area (Å²) in [5.74, 6) is 2.15. The van der Waals surface area contributed by atoms with Crippen molar-refractivity contribution in [1.82, 2.24) is 10.3 Å². The van der Waals surface area contributed by atoms with Crippen molar-refractivity contribution in [3.63, 3.8) is 0 Å². The molecule has 116 valence electrons. The first kappa shape index (κ1) is 14.8. The number of pyridine rings is 1. The Morgan fingerprint density at radius 2 is 2.00 bits per heavy atom. The van der Waals surface area contributed by atoms with E-state index in [1.54, 1.807) is 0 Å². The molecule has 3 rings (SSSR count). The highest BCUT2D eigenvalue weighted by atomic mass is 15.2. The molecule has 1 N–H and O–H groups in total. The number of anilines is 1. The van der Waals surface area contributed by atoms with Gasteiger partial charge in [-0.25, -0.2) is 4.98 Å². The number of rotatable bonds is 6. The van der Waals surface area contributed by atoms with Crippen LogP contribution in [0.2, 0.25) is 0 Å². The van der Waals surface area contributed by atoms with Crippen molar-refractivity contribution in [3.05, 3.63) is 23.4 Å². The molecule has 1 saturated carbocycles. The van der Waals surface area contributed by atoms with E-state index in [9.17, 15) is 0 Å². The number of hydrogen-bond donors (Lipinski definition) is 1. The molecule has 3 heteroatoms. The molecule has 2 heterocycles. The van der Waals surface area contributed by atoms with Crippen LogP contribution in [0.3, 0.4) is 0 Å². The predicted molar refractivity (Wildman–Crippen MR) is 88.7 cm³/mol. The van der Waals surface area contributed by atoms with Gasteiger partial charge >= 0.3 is 0 Å². The Hall–Kier alpha value is -1.09. The normalized spacial score (nSPS) is 20.0. The Kier molecular flexibility index (Phi) is 4.79. The fourth-order valence-electron chi connectivity index (χ4n) is 3.44. The summed E-state index contributed by atoms with van der Waals surface area (Å²) >= 11 is 0. The van der Waals surface area contributed by atoms with Crippen molar-refractivity contribution in [3.8, 4) is 0 Å². The summed E-state index contributed by atoms with van der Waals surface area (Å²) in [5.41, 5.74) is 2.66. The lowest BCUT2D eigenvalue weighted by Gasteiger charge is -2.33. The summed E-state index contributed by atoms with van der Waals surface area (Å²) < 4.78 is 0. The van der Waals surface area contributed by atoms with Crippen LogP contribution in [-0.2, 0) is 6.54 Å². The number of nitrogens with one attached hydrogen (secondary N) is 1. The largest absolute Gasteiger partial charge is 0.356 e. The van der Waals surface area contributed by atoms with E-state index in [-0.39, 0.29) is 0 Å².